The van der Waals surface area contributed by atoms with Crippen molar-refractivity contribution in [3.05, 3.63) is 40.5 Å². The predicted molar refractivity (Wildman–Crippen MR) is 65.4 cm³/mol. The minimum atomic E-state index is -0.0884. The Kier molecular flexibility index (Phi) is 3.33. The number of carbonyl (C=O) groups excluding carboxylic acids is 1. The van der Waals surface area contributed by atoms with Gasteiger partial charge in [-0.15, -0.1) is 0 Å². The number of nitrogens with zero attached hydrogens (tertiary/aromatic N) is 3. The fraction of sp³-hybridized carbons (Fsp3) is 0.273. The molecule has 0 aliphatic heterocycles. The van der Waals surface area contributed by atoms with E-state index in [0.29, 0.717) is 16.8 Å². The van der Waals surface area contributed by atoms with Gasteiger partial charge in [-0.05, 0) is 22.0 Å². The number of rotatable bonds is 3. The molecule has 0 saturated heterocycles. The van der Waals surface area contributed by atoms with Crippen LogP contribution in [0.3, 0.4) is 0 Å². The van der Waals surface area contributed by atoms with Gasteiger partial charge < -0.3 is 9.32 Å². The topological polar surface area (TPSA) is 51.3 Å². The molecule has 17 heavy (non-hydrogen) atoms. The Morgan fingerprint density at radius 3 is 2.94 bits per heavy atom. The third-order valence-corrected chi connectivity index (χ3v) is 2.99. The van der Waals surface area contributed by atoms with Crippen LogP contribution in [0.5, 0.6) is 0 Å². The summed E-state index contributed by atoms with van der Waals surface area (Å²) in [5, 5.41) is 4.06. The summed E-state index contributed by atoms with van der Waals surface area (Å²) in [5.41, 5.74) is 1.51. The molecule has 0 aliphatic carbocycles. The molecule has 0 atom stereocenters. The Balaban J connectivity index is 2.08. The molecule has 0 radical (unpaired) electrons. The SMILES string of the molecule is CN(Cc1cnn(C)c1)C(=O)c1ccoc1Br. The van der Waals surface area contributed by atoms with Gasteiger partial charge >= 0.3 is 0 Å². The molecule has 0 bridgehead atoms. The lowest BCUT2D eigenvalue weighted by molar-refractivity contribution is 0.0783. The summed E-state index contributed by atoms with van der Waals surface area (Å²) in [4.78, 5) is 13.7. The van der Waals surface area contributed by atoms with E-state index in [0.717, 1.165) is 5.56 Å². The number of aromatic nitrogens is 2. The highest BCUT2D eigenvalue weighted by Crippen LogP contribution is 2.19. The van der Waals surface area contributed by atoms with Crippen molar-refractivity contribution in [1.29, 1.82) is 0 Å². The molecule has 0 saturated carbocycles. The predicted octanol–water partition coefficient (Wildman–Crippen LogP) is 2.05. The van der Waals surface area contributed by atoms with Crippen LogP contribution in [0.1, 0.15) is 15.9 Å². The maximum Gasteiger partial charge on any atom is 0.258 e. The summed E-state index contributed by atoms with van der Waals surface area (Å²) in [7, 11) is 3.59. The summed E-state index contributed by atoms with van der Waals surface area (Å²) in [6.07, 6.45) is 5.11. The Morgan fingerprint density at radius 1 is 1.65 bits per heavy atom. The van der Waals surface area contributed by atoms with E-state index >= 15 is 0 Å². The molecular weight excluding hydrogens is 286 g/mol. The third-order valence-electron chi connectivity index (χ3n) is 2.37. The average molecular weight is 298 g/mol. The van der Waals surface area contributed by atoms with E-state index in [-0.39, 0.29) is 5.91 Å². The summed E-state index contributed by atoms with van der Waals surface area (Å²) >= 11 is 3.19. The molecular formula is C11H12BrN3O2. The van der Waals surface area contributed by atoms with Crippen LogP contribution in [0, 0.1) is 0 Å². The standard InChI is InChI=1S/C11H12BrN3O2/c1-14(6-8-5-13-15(2)7-8)11(16)9-3-4-17-10(9)12/h3-5,7H,6H2,1-2H3. The fourth-order valence-electron chi connectivity index (χ4n) is 1.55. The minimum Gasteiger partial charge on any atom is -0.457 e. The second-order valence-corrected chi connectivity index (χ2v) is 4.51. The first-order valence-electron chi connectivity index (χ1n) is 5.04. The Bertz CT molecular complexity index is 532. The number of amides is 1. The molecule has 0 fully saturated rings. The lowest BCUT2D eigenvalue weighted by Gasteiger charge is -2.15. The van der Waals surface area contributed by atoms with Crippen LogP contribution in [0.2, 0.25) is 0 Å². The van der Waals surface area contributed by atoms with Gasteiger partial charge in [0.1, 0.15) is 0 Å². The molecule has 2 rings (SSSR count). The number of furan rings is 1. The Hall–Kier alpha value is -1.56. The van der Waals surface area contributed by atoms with Gasteiger partial charge in [-0.3, -0.25) is 9.48 Å². The van der Waals surface area contributed by atoms with Crippen LogP contribution in [0.25, 0.3) is 0 Å². The van der Waals surface area contributed by atoms with E-state index in [1.807, 2.05) is 13.2 Å². The molecule has 0 spiro atoms. The zero-order valence-electron chi connectivity index (χ0n) is 9.55. The molecule has 0 aliphatic rings. The molecule has 2 aromatic rings. The highest BCUT2D eigenvalue weighted by molar-refractivity contribution is 9.10. The normalized spacial score (nSPS) is 10.5. The first kappa shape index (κ1) is 11.9. The van der Waals surface area contributed by atoms with E-state index in [2.05, 4.69) is 21.0 Å². The van der Waals surface area contributed by atoms with Crippen molar-refractivity contribution in [1.82, 2.24) is 14.7 Å². The van der Waals surface area contributed by atoms with Crippen molar-refractivity contribution < 1.29 is 9.21 Å². The van der Waals surface area contributed by atoms with Gasteiger partial charge in [-0.2, -0.15) is 5.10 Å². The molecule has 2 heterocycles. The third kappa shape index (κ3) is 2.58. The first-order valence-corrected chi connectivity index (χ1v) is 5.83. The molecule has 0 N–H and O–H groups in total. The van der Waals surface area contributed by atoms with Crippen molar-refractivity contribution >= 4 is 21.8 Å². The van der Waals surface area contributed by atoms with Crippen molar-refractivity contribution in [3.8, 4) is 0 Å². The average Bonchev–Trinajstić information content (AvgIpc) is 2.86. The van der Waals surface area contributed by atoms with Crippen molar-refractivity contribution in [2.24, 2.45) is 7.05 Å². The van der Waals surface area contributed by atoms with Crippen LogP contribution < -0.4 is 0 Å². The highest BCUT2D eigenvalue weighted by Gasteiger charge is 2.17. The second kappa shape index (κ2) is 4.75. The van der Waals surface area contributed by atoms with E-state index in [1.165, 1.54) is 6.26 Å². The Labute approximate surface area is 107 Å². The lowest BCUT2D eigenvalue weighted by Crippen LogP contribution is -2.25. The van der Waals surface area contributed by atoms with Crippen molar-refractivity contribution in [2.45, 2.75) is 6.54 Å². The Morgan fingerprint density at radius 2 is 2.41 bits per heavy atom. The molecule has 0 aromatic carbocycles. The quantitative estimate of drug-likeness (QED) is 0.871. The number of halogens is 1. The summed E-state index contributed by atoms with van der Waals surface area (Å²) in [6.45, 7) is 0.518. The van der Waals surface area contributed by atoms with Gasteiger partial charge in [0.05, 0.1) is 18.0 Å². The van der Waals surface area contributed by atoms with Crippen LogP contribution >= 0.6 is 15.9 Å². The minimum absolute atomic E-state index is 0.0884. The maximum absolute atomic E-state index is 12.0. The van der Waals surface area contributed by atoms with E-state index in [4.69, 9.17) is 4.42 Å². The summed E-state index contributed by atoms with van der Waals surface area (Å²) in [6, 6.07) is 1.64. The summed E-state index contributed by atoms with van der Waals surface area (Å²) < 4.78 is 7.21. The van der Waals surface area contributed by atoms with E-state index < -0.39 is 0 Å². The molecule has 6 heteroatoms. The van der Waals surface area contributed by atoms with Gasteiger partial charge in [0.25, 0.3) is 5.91 Å². The van der Waals surface area contributed by atoms with Gasteiger partial charge in [0.15, 0.2) is 4.67 Å². The number of carbonyl (C=O) groups is 1. The van der Waals surface area contributed by atoms with Crippen LogP contribution in [0.4, 0.5) is 0 Å². The van der Waals surface area contributed by atoms with Gasteiger partial charge in [0, 0.05) is 32.4 Å². The molecule has 90 valence electrons. The highest BCUT2D eigenvalue weighted by atomic mass is 79.9. The molecule has 1 amide bonds. The van der Waals surface area contributed by atoms with Crippen molar-refractivity contribution in [2.75, 3.05) is 7.05 Å². The summed E-state index contributed by atoms with van der Waals surface area (Å²) in [5.74, 6) is -0.0884. The smallest absolute Gasteiger partial charge is 0.258 e. The maximum atomic E-state index is 12.0. The van der Waals surface area contributed by atoms with E-state index in [1.54, 1.807) is 28.9 Å². The van der Waals surface area contributed by atoms with Crippen LogP contribution in [-0.2, 0) is 13.6 Å². The number of hydrogen-bond donors (Lipinski definition) is 0. The largest absolute Gasteiger partial charge is 0.457 e. The number of aryl methyl sites for hydroxylation is 1. The van der Waals surface area contributed by atoms with Crippen molar-refractivity contribution in [3.63, 3.8) is 0 Å². The fourth-order valence-corrected chi connectivity index (χ4v) is 1.96. The number of hydrogen-bond acceptors (Lipinski definition) is 3. The molecule has 0 unspecified atom stereocenters. The van der Waals surface area contributed by atoms with E-state index in [9.17, 15) is 4.79 Å². The van der Waals surface area contributed by atoms with Crippen LogP contribution in [0.15, 0.2) is 33.8 Å². The van der Waals surface area contributed by atoms with Gasteiger partial charge in [-0.25, -0.2) is 0 Å². The van der Waals surface area contributed by atoms with Crippen LogP contribution in [-0.4, -0.2) is 27.6 Å². The second-order valence-electron chi connectivity index (χ2n) is 3.79. The first-order chi connectivity index (χ1) is 8.08. The molecule has 5 nitrogen and oxygen atoms in total. The lowest BCUT2D eigenvalue weighted by atomic mass is 10.2. The molecule has 2 aromatic heterocycles. The van der Waals surface area contributed by atoms with Gasteiger partial charge in [0.2, 0.25) is 0 Å². The van der Waals surface area contributed by atoms with Gasteiger partial charge in [-0.1, -0.05) is 0 Å². The zero-order chi connectivity index (χ0) is 12.4. The monoisotopic (exact) mass is 297 g/mol. The zero-order valence-corrected chi connectivity index (χ0v) is 11.1.